The molecule has 0 aliphatic carbocycles. The number of ether oxygens (including phenoxy) is 4. The van der Waals surface area contributed by atoms with E-state index in [1.807, 2.05) is 0 Å². The van der Waals surface area contributed by atoms with Gasteiger partial charge >= 0.3 is 24.4 Å². The summed E-state index contributed by atoms with van der Waals surface area (Å²) in [6.45, 7) is 22.5. The van der Waals surface area contributed by atoms with E-state index in [1.54, 1.807) is 127 Å². The zero-order valence-corrected chi connectivity index (χ0v) is 60.3. The van der Waals surface area contributed by atoms with Gasteiger partial charge in [0.2, 0.25) is 59.1 Å². The van der Waals surface area contributed by atoms with Crippen LogP contribution in [0.1, 0.15) is 155 Å². The van der Waals surface area contributed by atoms with Crippen LogP contribution in [0.5, 0.6) is 0 Å². The number of benzene rings is 1. The lowest BCUT2D eigenvalue weighted by Gasteiger charge is -2.29. The molecule has 14 amide bonds. The van der Waals surface area contributed by atoms with Crippen molar-refractivity contribution in [3.63, 3.8) is 0 Å². The normalized spacial score (nSPS) is 20.9. The van der Waals surface area contributed by atoms with E-state index in [0.717, 1.165) is 13.8 Å². The van der Waals surface area contributed by atoms with E-state index in [1.165, 1.54) is 0 Å². The molecule has 1 aromatic rings. The fraction of sp³-hybridized carbons (Fsp3) is 0.692. The Labute approximate surface area is 583 Å². The van der Waals surface area contributed by atoms with E-state index in [9.17, 15) is 77.3 Å². The molecule has 100 heavy (non-hydrogen) atoms. The fourth-order valence-electron chi connectivity index (χ4n) is 9.17. The third kappa shape index (κ3) is 36.1. The highest BCUT2D eigenvalue weighted by atomic mass is 16.6. The molecule has 35 nitrogen and oxygen atoms in total. The van der Waals surface area contributed by atoms with E-state index in [-0.39, 0.29) is 57.8 Å². The molecular formula is C65H109N15O20. The number of rotatable bonds is 24. The van der Waals surface area contributed by atoms with Gasteiger partial charge < -0.3 is 109 Å². The molecule has 1 aromatic carbocycles. The van der Waals surface area contributed by atoms with Crippen LogP contribution in [0.4, 0.5) is 19.2 Å². The number of aliphatic hydroxyl groups excluding tert-OH is 2. The minimum absolute atomic E-state index is 0.0888. The average Bonchev–Trinajstić information content (AvgIpc) is 0.938. The Balaban J connectivity index is 2.87. The van der Waals surface area contributed by atoms with Gasteiger partial charge in [-0.3, -0.25) is 47.9 Å². The Kier molecular flexibility index (Phi) is 35.5. The van der Waals surface area contributed by atoms with Gasteiger partial charge in [-0.2, -0.15) is 0 Å². The van der Waals surface area contributed by atoms with Gasteiger partial charge in [-0.15, -0.1) is 0 Å². The predicted molar refractivity (Wildman–Crippen MR) is 362 cm³/mol. The maximum atomic E-state index is 14.9. The molecule has 0 unspecified atom stereocenters. The lowest BCUT2D eigenvalue weighted by atomic mass is 10.00. The summed E-state index contributed by atoms with van der Waals surface area (Å²) < 4.78 is 21.2. The highest BCUT2D eigenvalue weighted by Crippen LogP contribution is 2.14. The first-order valence-corrected chi connectivity index (χ1v) is 33.2. The Morgan fingerprint density at radius 2 is 0.900 bits per heavy atom. The van der Waals surface area contributed by atoms with Crippen LogP contribution in [0.15, 0.2) is 30.3 Å². The lowest BCUT2D eigenvalue weighted by Crippen LogP contribution is -2.61. The van der Waals surface area contributed by atoms with Crippen LogP contribution in [0.3, 0.4) is 0 Å². The van der Waals surface area contributed by atoms with Crippen molar-refractivity contribution < 1.29 is 96.3 Å². The fourth-order valence-corrected chi connectivity index (χ4v) is 9.17. The number of carbonyl (C=O) groups is 14. The first-order chi connectivity index (χ1) is 46.2. The first kappa shape index (κ1) is 87.0. The predicted octanol–water partition coefficient (Wildman–Crippen LogP) is -1.46. The summed E-state index contributed by atoms with van der Waals surface area (Å²) in [7, 11) is 0. The SMILES string of the molecule is CC(C)C[C@@H]1NC(=O)[C@@H](Cc2ccccc2)NC(=O)[C@H](CCNC(=O)OC(C)(C)C)NC(=O)[C@@H](NC(=O)CNC(=O)[C@@H](NC(=O)[C@@H](N)CCNC(=O)OC(C)(C)C)[C@@H](C)O)CCNC(=O)[C@H]([C@@H](C)O)NC(=O)[C@H](CCNC(=O)OC(C)(C)C)NC(=O)[C@H](CCNC(=O)OC(C)(C)C)NC1=O. The molecule has 0 bridgehead atoms. The lowest BCUT2D eigenvalue weighted by molar-refractivity contribution is -0.136. The number of nitrogens with two attached hydrogens (primary N) is 1. The molecule has 1 saturated heterocycles. The van der Waals surface area contributed by atoms with Crippen molar-refractivity contribution in [3.8, 4) is 0 Å². The Hall–Kier alpha value is -9.12. The van der Waals surface area contributed by atoms with E-state index in [4.69, 9.17) is 24.7 Å². The summed E-state index contributed by atoms with van der Waals surface area (Å²) >= 11 is 0. The first-order valence-electron chi connectivity index (χ1n) is 33.2. The van der Waals surface area contributed by atoms with Crippen LogP contribution in [0.2, 0.25) is 0 Å². The second-order valence-corrected chi connectivity index (χ2v) is 28.5. The number of alkyl carbamates (subject to hydrolysis) is 4. The summed E-state index contributed by atoms with van der Waals surface area (Å²) in [6, 6.07) is -6.42. The van der Waals surface area contributed by atoms with E-state index in [2.05, 4.69) is 74.4 Å². The third-order valence-corrected chi connectivity index (χ3v) is 13.9. The molecule has 11 atom stereocenters. The summed E-state index contributed by atoms with van der Waals surface area (Å²) in [6.07, 6.45) is -9.05. The molecule has 0 radical (unpaired) electrons. The average molecular weight is 1420 g/mol. The van der Waals surface area contributed by atoms with Gasteiger partial charge in [-0.1, -0.05) is 44.2 Å². The minimum Gasteiger partial charge on any atom is -0.444 e. The van der Waals surface area contributed by atoms with Gasteiger partial charge in [0.05, 0.1) is 24.8 Å². The molecule has 1 fully saturated rings. The zero-order valence-electron chi connectivity index (χ0n) is 60.3. The topological polar surface area (TPSA) is 511 Å². The number of hydrogen-bond donors (Lipinski definition) is 17. The number of amides is 14. The largest absolute Gasteiger partial charge is 0.444 e. The van der Waals surface area contributed by atoms with Gasteiger partial charge in [-0.25, -0.2) is 19.2 Å². The van der Waals surface area contributed by atoms with Gasteiger partial charge in [-0.05, 0) is 147 Å². The molecule has 1 aliphatic rings. The van der Waals surface area contributed by atoms with Crippen molar-refractivity contribution in [2.75, 3.05) is 39.3 Å². The van der Waals surface area contributed by atoms with Crippen molar-refractivity contribution in [3.05, 3.63) is 35.9 Å². The van der Waals surface area contributed by atoms with Crippen molar-refractivity contribution in [2.24, 2.45) is 11.7 Å². The number of carbonyl (C=O) groups excluding carboxylic acids is 14. The zero-order chi connectivity index (χ0) is 76.0. The summed E-state index contributed by atoms with van der Waals surface area (Å²) in [4.78, 5) is 194. The summed E-state index contributed by atoms with van der Waals surface area (Å²) in [5, 5.41) is 56.5. The van der Waals surface area contributed by atoms with Crippen molar-refractivity contribution in [1.29, 1.82) is 0 Å². The molecule has 35 heteroatoms. The molecule has 0 saturated carbocycles. The molecule has 564 valence electrons. The maximum absolute atomic E-state index is 14.9. The molecule has 1 aliphatic heterocycles. The number of nitrogens with one attached hydrogen (secondary N) is 14. The van der Waals surface area contributed by atoms with Crippen LogP contribution < -0.4 is 80.2 Å². The third-order valence-electron chi connectivity index (χ3n) is 13.9. The van der Waals surface area contributed by atoms with Gasteiger partial charge in [0, 0.05) is 39.1 Å². The van der Waals surface area contributed by atoms with E-state index < -0.39 is 205 Å². The molecule has 0 spiro atoms. The Bertz CT molecular complexity index is 2940. The van der Waals surface area contributed by atoms with Crippen molar-refractivity contribution >= 4 is 83.4 Å². The van der Waals surface area contributed by atoms with E-state index >= 15 is 0 Å². The van der Waals surface area contributed by atoms with Gasteiger partial charge in [0.25, 0.3) is 0 Å². The van der Waals surface area contributed by atoms with Crippen LogP contribution in [-0.2, 0) is 73.3 Å². The van der Waals surface area contributed by atoms with Crippen LogP contribution in [0.25, 0.3) is 0 Å². The van der Waals surface area contributed by atoms with E-state index in [0.29, 0.717) is 5.56 Å². The standard InChI is InChI=1S/C65H109N15O20/c1-35(2)32-44-54(89)76-41(24-29-69-59(94)98-63(8,9)10)51(86)75-43(26-31-71-61(96)100-65(14,15)16)53(88)80-47(36(3)81)56(91)67-28-23-40(73-46(83)34-72-57(92)48(37(4)82)79-49(84)39(66)22-27-68-58(93)97-62(5,6)7)50(85)74-42(25-30-70-60(95)99-64(11,12)13)52(87)78-45(55(90)77-44)33-38-20-18-17-19-21-38/h17-21,35-37,39-45,47-48,81-82H,22-34,66H2,1-16H3,(H,67,91)(H,68,93)(H,69,94)(H,70,95)(H,71,96)(H,72,92)(H,73,83)(H,74,85)(H,75,86)(H,76,89)(H,77,90)(H,78,87)(H,79,84)(H,80,88)/t36-,37-,39+,40+,41+,42+,43+,44+,45-,47+,48+/m1/s1. The summed E-state index contributed by atoms with van der Waals surface area (Å²) in [5.41, 5.74) is 2.82. The molecule has 2 rings (SSSR count). The van der Waals surface area contributed by atoms with Crippen molar-refractivity contribution in [1.82, 2.24) is 74.4 Å². The van der Waals surface area contributed by atoms with Gasteiger partial charge in [0.15, 0.2) is 0 Å². The van der Waals surface area contributed by atoms with Gasteiger partial charge in [0.1, 0.15) is 70.7 Å². The number of hydrogen-bond acceptors (Lipinski definition) is 21. The molecule has 1 heterocycles. The highest BCUT2D eigenvalue weighted by Gasteiger charge is 2.37. The highest BCUT2D eigenvalue weighted by molar-refractivity contribution is 5.99. The Morgan fingerprint density at radius 3 is 1.32 bits per heavy atom. The maximum Gasteiger partial charge on any atom is 0.407 e. The minimum atomic E-state index is -1.85. The van der Waals surface area contributed by atoms with Crippen LogP contribution in [0, 0.1) is 5.92 Å². The van der Waals surface area contributed by atoms with Crippen LogP contribution >= 0.6 is 0 Å². The summed E-state index contributed by atoms with van der Waals surface area (Å²) in [5.74, 6) is -10.8. The monoisotopic (exact) mass is 1420 g/mol. The second kappa shape index (κ2) is 40.8. The van der Waals surface area contributed by atoms with Crippen LogP contribution in [-0.4, -0.2) is 222 Å². The smallest absolute Gasteiger partial charge is 0.407 e. The molecular weight excluding hydrogens is 1310 g/mol. The molecule has 18 N–H and O–H groups in total. The second-order valence-electron chi connectivity index (χ2n) is 28.5. The number of aliphatic hydroxyl groups is 2. The molecule has 0 aromatic heterocycles. The Morgan fingerprint density at radius 1 is 0.510 bits per heavy atom. The van der Waals surface area contributed by atoms with Crippen molar-refractivity contribution in [2.45, 2.75) is 245 Å². The quantitative estimate of drug-likeness (QED) is 0.0526.